The SMILES string of the molecule is CC(C)(C(=O)NCCNC(=O)Cc1ccc(F)cc1)c1ccc(Cl)cc1. The van der Waals surface area contributed by atoms with Crippen molar-refractivity contribution < 1.29 is 14.0 Å². The lowest BCUT2D eigenvalue weighted by atomic mass is 9.84. The van der Waals surface area contributed by atoms with Crippen LogP contribution >= 0.6 is 11.6 Å². The Hall–Kier alpha value is -2.40. The van der Waals surface area contributed by atoms with Gasteiger partial charge in [-0.25, -0.2) is 4.39 Å². The molecule has 0 bridgehead atoms. The first-order chi connectivity index (χ1) is 12.3. The zero-order valence-electron chi connectivity index (χ0n) is 14.8. The fraction of sp³-hybridized carbons (Fsp3) is 0.300. The molecule has 2 rings (SSSR count). The highest BCUT2D eigenvalue weighted by Crippen LogP contribution is 2.24. The molecule has 0 aliphatic carbocycles. The van der Waals surface area contributed by atoms with Gasteiger partial charge in [-0.1, -0.05) is 35.9 Å². The quantitative estimate of drug-likeness (QED) is 0.729. The Labute approximate surface area is 157 Å². The molecule has 0 aromatic heterocycles. The largest absolute Gasteiger partial charge is 0.354 e. The van der Waals surface area contributed by atoms with Crippen LogP contribution in [0.2, 0.25) is 5.02 Å². The van der Waals surface area contributed by atoms with Crippen molar-refractivity contribution >= 4 is 23.4 Å². The molecule has 0 atom stereocenters. The minimum absolute atomic E-state index is 0.132. The van der Waals surface area contributed by atoms with E-state index in [0.717, 1.165) is 11.1 Å². The van der Waals surface area contributed by atoms with Crippen LogP contribution in [0.5, 0.6) is 0 Å². The first-order valence-corrected chi connectivity index (χ1v) is 8.72. The van der Waals surface area contributed by atoms with Gasteiger partial charge in [0.25, 0.3) is 0 Å². The monoisotopic (exact) mass is 376 g/mol. The van der Waals surface area contributed by atoms with Crippen molar-refractivity contribution in [2.45, 2.75) is 25.7 Å². The molecule has 2 aromatic carbocycles. The Kier molecular flexibility index (Phi) is 6.75. The lowest BCUT2D eigenvalue weighted by Crippen LogP contribution is -2.43. The van der Waals surface area contributed by atoms with E-state index in [-0.39, 0.29) is 24.1 Å². The number of carbonyl (C=O) groups excluding carboxylic acids is 2. The Balaban J connectivity index is 1.76. The summed E-state index contributed by atoms with van der Waals surface area (Å²) in [6, 6.07) is 12.9. The first kappa shape index (κ1) is 19.9. The summed E-state index contributed by atoms with van der Waals surface area (Å²) in [5, 5.41) is 6.18. The van der Waals surface area contributed by atoms with Gasteiger partial charge in [-0.3, -0.25) is 9.59 Å². The molecule has 2 amide bonds. The Bertz CT molecular complexity index is 758. The van der Waals surface area contributed by atoms with E-state index in [2.05, 4.69) is 10.6 Å². The predicted octanol–water partition coefficient (Wildman–Crippen LogP) is 3.23. The van der Waals surface area contributed by atoms with Crippen molar-refractivity contribution in [2.24, 2.45) is 0 Å². The highest BCUT2D eigenvalue weighted by atomic mass is 35.5. The summed E-state index contributed by atoms with van der Waals surface area (Å²) in [4.78, 5) is 24.3. The zero-order valence-corrected chi connectivity index (χ0v) is 15.6. The summed E-state index contributed by atoms with van der Waals surface area (Å²) in [5.74, 6) is -0.643. The van der Waals surface area contributed by atoms with Crippen molar-refractivity contribution in [3.05, 3.63) is 70.5 Å². The van der Waals surface area contributed by atoms with Gasteiger partial charge in [0.2, 0.25) is 11.8 Å². The molecular weight excluding hydrogens is 355 g/mol. The average Bonchev–Trinajstić information content (AvgIpc) is 2.61. The molecule has 0 heterocycles. The number of nitrogens with one attached hydrogen (secondary N) is 2. The summed E-state index contributed by atoms with van der Waals surface area (Å²) in [6.45, 7) is 4.31. The van der Waals surface area contributed by atoms with Crippen molar-refractivity contribution in [3.63, 3.8) is 0 Å². The smallest absolute Gasteiger partial charge is 0.230 e. The summed E-state index contributed by atoms with van der Waals surface area (Å²) < 4.78 is 12.8. The van der Waals surface area contributed by atoms with E-state index >= 15 is 0 Å². The number of carbonyl (C=O) groups is 2. The van der Waals surface area contributed by atoms with Gasteiger partial charge in [0.15, 0.2) is 0 Å². The Morgan fingerprint density at radius 2 is 1.54 bits per heavy atom. The van der Waals surface area contributed by atoms with Gasteiger partial charge in [-0.15, -0.1) is 0 Å². The molecule has 0 fully saturated rings. The van der Waals surface area contributed by atoms with Crippen LogP contribution in [-0.2, 0) is 21.4 Å². The molecular formula is C20H22ClFN2O2. The predicted molar refractivity (Wildman–Crippen MR) is 101 cm³/mol. The molecule has 0 unspecified atom stereocenters. The van der Waals surface area contributed by atoms with Gasteiger partial charge in [0, 0.05) is 18.1 Å². The van der Waals surface area contributed by atoms with Crippen LogP contribution in [0, 0.1) is 5.82 Å². The molecule has 0 radical (unpaired) electrons. The molecule has 2 N–H and O–H groups in total. The molecule has 2 aromatic rings. The Morgan fingerprint density at radius 1 is 0.962 bits per heavy atom. The Morgan fingerprint density at radius 3 is 2.15 bits per heavy atom. The zero-order chi connectivity index (χ0) is 19.2. The van der Waals surface area contributed by atoms with Crippen molar-refractivity contribution in [1.82, 2.24) is 10.6 Å². The number of hydrogen-bond acceptors (Lipinski definition) is 2. The van der Waals surface area contributed by atoms with Crippen LogP contribution in [0.4, 0.5) is 4.39 Å². The van der Waals surface area contributed by atoms with Gasteiger partial charge >= 0.3 is 0 Å². The topological polar surface area (TPSA) is 58.2 Å². The van der Waals surface area contributed by atoms with Crippen molar-refractivity contribution in [2.75, 3.05) is 13.1 Å². The first-order valence-electron chi connectivity index (χ1n) is 8.34. The van der Waals surface area contributed by atoms with E-state index in [4.69, 9.17) is 11.6 Å². The van der Waals surface area contributed by atoms with E-state index in [0.29, 0.717) is 18.1 Å². The van der Waals surface area contributed by atoms with Gasteiger partial charge in [0.1, 0.15) is 5.82 Å². The maximum Gasteiger partial charge on any atom is 0.230 e. The van der Waals surface area contributed by atoms with Crippen LogP contribution < -0.4 is 10.6 Å². The third kappa shape index (κ3) is 5.56. The molecule has 0 aliphatic heterocycles. The average molecular weight is 377 g/mol. The molecule has 26 heavy (non-hydrogen) atoms. The summed E-state index contributed by atoms with van der Waals surface area (Å²) >= 11 is 5.88. The van der Waals surface area contributed by atoms with Gasteiger partial charge < -0.3 is 10.6 Å². The van der Waals surface area contributed by atoms with Crippen LogP contribution in [0.15, 0.2) is 48.5 Å². The molecule has 0 saturated heterocycles. The summed E-state index contributed by atoms with van der Waals surface area (Å²) in [6.07, 6.45) is 0.171. The molecule has 138 valence electrons. The minimum atomic E-state index is -0.706. The van der Waals surface area contributed by atoms with Gasteiger partial charge in [0.05, 0.1) is 11.8 Å². The van der Waals surface area contributed by atoms with Gasteiger partial charge in [-0.2, -0.15) is 0 Å². The summed E-state index contributed by atoms with van der Waals surface area (Å²) in [7, 11) is 0. The van der Waals surface area contributed by atoms with E-state index < -0.39 is 5.41 Å². The molecule has 0 aliphatic rings. The number of amides is 2. The number of rotatable bonds is 7. The van der Waals surface area contributed by atoms with Crippen LogP contribution in [0.1, 0.15) is 25.0 Å². The molecule has 6 heteroatoms. The highest BCUT2D eigenvalue weighted by Gasteiger charge is 2.29. The van der Waals surface area contributed by atoms with E-state index in [1.54, 1.807) is 24.3 Å². The second-order valence-corrected chi connectivity index (χ2v) is 6.98. The van der Waals surface area contributed by atoms with Crippen LogP contribution in [0.3, 0.4) is 0 Å². The molecule has 0 saturated carbocycles. The lowest BCUT2D eigenvalue weighted by molar-refractivity contribution is -0.126. The fourth-order valence-electron chi connectivity index (χ4n) is 2.45. The van der Waals surface area contributed by atoms with Crippen molar-refractivity contribution in [3.8, 4) is 0 Å². The third-order valence-electron chi connectivity index (χ3n) is 4.14. The second kappa shape index (κ2) is 8.81. The second-order valence-electron chi connectivity index (χ2n) is 6.54. The van der Waals surface area contributed by atoms with Gasteiger partial charge in [-0.05, 0) is 49.2 Å². The molecule has 0 spiro atoms. The maximum absolute atomic E-state index is 12.8. The lowest BCUT2D eigenvalue weighted by Gasteiger charge is -2.24. The normalized spacial score (nSPS) is 11.1. The standard InChI is InChI=1S/C20H22ClFN2O2/c1-20(2,15-5-7-16(21)8-6-15)19(26)24-12-11-23-18(25)13-14-3-9-17(22)10-4-14/h3-10H,11-13H2,1-2H3,(H,23,25)(H,24,26). The minimum Gasteiger partial charge on any atom is -0.354 e. The highest BCUT2D eigenvalue weighted by molar-refractivity contribution is 6.30. The number of benzene rings is 2. The number of hydrogen-bond donors (Lipinski definition) is 2. The van der Waals surface area contributed by atoms with E-state index in [1.165, 1.54) is 12.1 Å². The maximum atomic E-state index is 12.8. The van der Waals surface area contributed by atoms with E-state index in [9.17, 15) is 14.0 Å². The number of halogens is 2. The third-order valence-corrected chi connectivity index (χ3v) is 4.40. The van der Waals surface area contributed by atoms with Crippen LogP contribution in [0.25, 0.3) is 0 Å². The fourth-order valence-corrected chi connectivity index (χ4v) is 2.57. The summed E-state index contributed by atoms with van der Waals surface area (Å²) in [5.41, 5.74) is 0.888. The van der Waals surface area contributed by atoms with Crippen molar-refractivity contribution in [1.29, 1.82) is 0 Å². The van der Waals surface area contributed by atoms with Crippen LogP contribution in [-0.4, -0.2) is 24.9 Å². The van der Waals surface area contributed by atoms with E-state index in [1.807, 2.05) is 26.0 Å². The molecule has 4 nitrogen and oxygen atoms in total.